The summed E-state index contributed by atoms with van der Waals surface area (Å²) in [6.07, 6.45) is 0.690. The minimum absolute atomic E-state index is 0.414. The Morgan fingerprint density at radius 2 is 2.00 bits per heavy atom. The molecule has 2 aromatic heterocycles. The number of hydrogen-bond donors (Lipinski definition) is 1. The second kappa shape index (κ2) is 6.31. The lowest BCUT2D eigenvalue weighted by Gasteiger charge is -2.10. The van der Waals surface area contributed by atoms with E-state index in [9.17, 15) is 5.26 Å². The molecule has 24 heavy (non-hydrogen) atoms. The SMILES string of the molecule is CCc1[nH]c2nc(C)nc(-c3cc(OC)c(Cl)cc3Cl)c2c1C#N. The number of hydrogen-bond acceptors (Lipinski definition) is 4. The predicted octanol–water partition coefficient (Wildman–Crippen LogP) is 4.68. The molecule has 2 heterocycles. The Bertz CT molecular complexity index is 989. The normalized spacial score (nSPS) is 10.8. The summed E-state index contributed by atoms with van der Waals surface area (Å²) in [7, 11) is 1.53. The average Bonchev–Trinajstić information content (AvgIpc) is 2.91. The Hall–Kier alpha value is -2.29. The van der Waals surface area contributed by atoms with Gasteiger partial charge in [0.1, 0.15) is 23.3 Å². The predicted molar refractivity (Wildman–Crippen MR) is 94.7 cm³/mol. The molecular weight excluding hydrogens is 347 g/mol. The van der Waals surface area contributed by atoms with Crippen LogP contribution >= 0.6 is 23.2 Å². The third-order valence-corrected chi connectivity index (χ3v) is 4.41. The van der Waals surface area contributed by atoms with Crippen LogP contribution in [0.5, 0.6) is 5.75 Å². The van der Waals surface area contributed by atoms with Gasteiger partial charge in [0.05, 0.1) is 33.8 Å². The first-order chi connectivity index (χ1) is 11.5. The van der Waals surface area contributed by atoms with Gasteiger partial charge in [-0.05, 0) is 25.5 Å². The van der Waals surface area contributed by atoms with E-state index in [0.29, 0.717) is 55.9 Å². The molecule has 0 aliphatic heterocycles. The van der Waals surface area contributed by atoms with Crippen LogP contribution in [0.4, 0.5) is 0 Å². The molecule has 0 amide bonds. The van der Waals surface area contributed by atoms with Crippen molar-refractivity contribution in [3.05, 3.63) is 39.3 Å². The highest BCUT2D eigenvalue weighted by molar-refractivity contribution is 6.37. The van der Waals surface area contributed by atoms with Gasteiger partial charge in [-0.3, -0.25) is 0 Å². The fourth-order valence-corrected chi connectivity index (χ4v) is 3.26. The molecule has 0 unspecified atom stereocenters. The lowest BCUT2D eigenvalue weighted by molar-refractivity contribution is 0.415. The zero-order chi connectivity index (χ0) is 17.4. The molecule has 0 fully saturated rings. The summed E-state index contributed by atoms with van der Waals surface area (Å²) in [5, 5.41) is 11.1. The van der Waals surface area contributed by atoms with Crippen molar-refractivity contribution < 1.29 is 4.74 Å². The minimum Gasteiger partial charge on any atom is -0.495 e. The Morgan fingerprint density at radius 1 is 1.25 bits per heavy atom. The van der Waals surface area contributed by atoms with Gasteiger partial charge >= 0.3 is 0 Å². The summed E-state index contributed by atoms with van der Waals surface area (Å²) in [5.74, 6) is 1.07. The summed E-state index contributed by atoms with van der Waals surface area (Å²) in [4.78, 5) is 12.1. The van der Waals surface area contributed by atoms with Gasteiger partial charge in [-0.15, -0.1) is 0 Å². The van der Waals surface area contributed by atoms with Crippen molar-refractivity contribution in [1.82, 2.24) is 15.0 Å². The van der Waals surface area contributed by atoms with Crippen LogP contribution < -0.4 is 4.74 Å². The van der Waals surface area contributed by atoms with Crippen molar-refractivity contribution in [3.63, 3.8) is 0 Å². The van der Waals surface area contributed by atoms with Crippen molar-refractivity contribution >= 4 is 34.2 Å². The van der Waals surface area contributed by atoms with E-state index in [1.807, 2.05) is 6.92 Å². The minimum atomic E-state index is 0.414. The van der Waals surface area contributed by atoms with Gasteiger partial charge in [0, 0.05) is 11.3 Å². The van der Waals surface area contributed by atoms with E-state index in [0.717, 1.165) is 5.69 Å². The summed E-state index contributed by atoms with van der Waals surface area (Å²) in [5.41, 5.74) is 3.21. The third kappa shape index (κ3) is 2.58. The smallest absolute Gasteiger partial charge is 0.143 e. The number of methoxy groups -OCH3 is 1. The first-order valence-electron chi connectivity index (χ1n) is 7.32. The molecule has 5 nitrogen and oxygen atoms in total. The van der Waals surface area contributed by atoms with Gasteiger partial charge in [-0.1, -0.05) is 30.1 Å². The monoisotopic (exact) mass is 360 g/mol. The quantitative estimate of drug-likeness (QED) is 0.735. The summed E-state index contributed by atoms with van der Waals surface area (Å²) in [6.45, 7) is 3.77. The van der Waals surface area contributed by atoms with Gasteiger partial charge in [-0.25, -0.2) is 9.97 Å². The molecular formula is C17H14Cl2N4O. The number of halogens is 2. The van der Waals surface area contributed by atoms with Crippen molar-refractivity contribution in [2.45, 2.75) is 20.3 Å². The molecule has 0 bridgehead atoms. The maximum Gasteiger partial charge on any atom is 0.143 e. The van der Waals surface area contributed by atoms with Crippen LogP contribution in [0, 0.1) is 18.3 Å². The fourth-order valence-electron chi connectivity index (χ4n) is 2.71. The number of aromatic amines is 1. The lowest BCUT2D eigenvalue weighted by atomic mass is 10.0. The number of aryl methyl sites for hydroxylation is 2. The highest BCUT2D eigenvalue weighted by Crippen LogP contribution is 2.39. The van der Waals surface area contributed by atoms with Crippen molar-refractivity contribution in [2.75, 3.05) is 7.11 Å². The highest BCUT2D eigenvalue weighted by Gasteiger charge is 2.20. The molecule has 3 aromatic rings. The third-order valence-electron chi connectivity index (χ3n) is 3.80. The molecule has 1 N–H and O–H groups in total. The second-order valence-electron chi connectivity index (χ2n) is 5.25. The van der Waals surface area contributed by atoms with Gasteiger partial charge in [0.25, 0.3) is 0 Å². The molecule has 7 heteroatoms. The number of rotatable bonds is 3. The summed E-state index contributed by atoms with van der Waals surface area (Å²) >= 11 is 12.5. The molecule has 1 aromatic carbocycles. The van der Waals surface area contributed by atoms with Crippen molar-refractivity contribution in [3.8, 4) is 23.1 Å². The number of nitriles is 1. The first kappa shape index (κ1) is 16.6. The fraction of sp³-hybridized carbons (Fsp3) is 0.235. The number of nitrogens with one attached hydrogen (secondary N) is 1. The van der Waals surface area contributed by atoms with Crippen LogP contribution in [0.3, 0.4) is 0 Å². The number of aromatic nitrogens is 3. The number of benzene rings is 1. The molecule has 0 saturated carbocycles. The van der Waals surface area contributed by atoms with Crippen LogP contribution in [-0.2, 0) is 6.42 Å². The molecule has 0 saturated heterocycles. The van der Waals surface area contributed by atoms with Crippen molar-refractivity contribution in [1.29, 1.82) is 5.26 Å². The lowest BCUT2D eigenvalue weighted by Crippen LogP contribution is -1.95. The van der Waals surface area contributed by atoms with E-state index in [1.165, 1.54) is 7.11 Å². The average molecular weight is 361 g/mol. The Morgan fingerprint density at radius 3 is 2.62 bits per heavy atom. The zero-order valence-corrected chi connectivity index (χ0v) is 14.9. The maximum absolute atomic E-state index is 9.59. The van der Waals surface area contributed by atoms with Gasteiger partial charge < -0.3 is 9.72 Å². The topological polar surface area (TPSA) is 74.6 Å². The number of H-pyrrole nitrogens is 1. The molecule has 0 aliphatic carbocycles. The Kier molecular flexibility index (Phi) is 4.35. The van der Waals surface area contributed by atoms with Gasteiger partial charge in [-0.2, -0.15) is 5.26 Å². The molecule has 0 atom stereocenters. The number of fused-ring (bicyclic) bond motifs is 1. The van der Waals surface area contributed by atoms with Crippen LogP contribution in [0.25, 0.3) is 22.3 Å². The zero-order valence-electron chi connectivity index (χ0n) is 13.4. The molecule has 0 aliphatic rings. The standard InChI is InChI=1S/C17H14Cl2N4O/c1-4-13-10(7-20)15-16(21-8(2)22-17(15)23-13)9-5-14(24-3)12(19)6-11(9)18/h5-6H,4H2,1-3H3,(H,21,22,23). The number of nitrogens with zero attached hydrogens (tertiary/aromatic N) is 3. The van der Waals surface area contributed by atoms with E-state index in [2.05, 4.69) is 21.0 Å². The second-order valence-corrected chi connectivity index (χ2v) is 6.07. The van der Waals surface area contributed by atoms with Gasteiger partial charge in [0.15, 0.2) is 0 Å². The van der Waals surface area contributed by atoms with Crippen LogP contribution in [-0.4, -0.2) is 22.1 Å². The Balaban J connectivity index is 2.42. The largest absolute Gasteiger partial charge is 0.495 e. The highest BCUT2D eigenvalue weighted by atomic mass is 35.5. The van der Waals surface area contributed by atoms with Crippen LogP contribution in [0.1, 0.15) is 24.0 Å². The van der Waals surface area contributed by atoms with E-state index < -0.39 is 0 Å². The van der Waals surface area contributed by atoms with Crippen LogP contribution in [0.15, 0.2) is 12.1 Å². The summed E-state index contributed by atoms with van der Waals surface area (Å²) < 4.78 is 5.28. The number of ether oxygens (including phenoxy) is 1. The molecule has 122 valence electrons. The van der Waals surface area contributed by atoms with Gasteiger partial charge in [0.2, 0.25) is 0 Å². The van der Waals surface area contributed by atoms with Crippen LogP contribution in [0.2, 0.25) is 10.0 Å². The van der Waals surface area contributed by atoms with E-state index in [1.54, 1.807) is 19.1 Å². The maximum atomic E-state index is 9.59. The Labute approximate surface area is 149 Å². The first-order valence-corrected chi connectivity index (χ1v) is 8.08. The summed E-state index contributed by atoms with van der Waals surface area (Å²) in [6, 6.07) is 5.59. The van der Waals surface area contributed by atoms with E-state index >= 15 is 0 Å². The van der Waals surface area contributed by atoms with E-state index in [4.69, 9.17) is 27.9 Å². The molecule has 0 radical (unpaired) electrons. The van der Waals surface area contributed by atoms with Crippen molar-refractivity contribution in [2.24, 2.45) is 0 Å². The molecule has 3 rings (SSSR count). The van der Waals surface area contributed by atoms with E-state index in [-0.39, 0.29) is 0 Å². The molecule has 0 spiro atoms.